The van der Waals surface area contributed by atoms with Gasteiger partial charge in [0.15, 0.2) is 0 Å². The number of hydrogen-bond acceptors (Lipinski definition) is 2. The van der Waals surface area contributed by atoms with Crippen molar-refractivity contribution in [3.05, 3.63) is 28.7 Å². The molecule has 0 bridgehead atoms. The Hall–Kier alpha value is -0.540. The molecule has 1 aromatic rings. The minimum Gasteiger partial charge on any atom is -0.369 e. The minimum atomic E-state index is 0.297. The molecule has 3 rings (SSSR count). The molecule has 2 aliphatic rings. The van der Waals surface area contributed by atoms with Gasteiger partial charge in [-0.05, 0) is 66.7 Å². The predicted molar refractivity (Wildman–Crippen MR) is 80.1 cm³/mol. The molecule has 18 heavy (non-hydrogen) atoms. The number of halogens is 1. The van der Waals surface area contributed by atoms with Crippen LogP contribution in [0.3, 0.4) is 0 Å². The van der Waals surface area contributed by atoms with E-state index < -0.39 is 0 Å². The van der Waals surface area contributed by atoms with E-state index in [2.05, 4.69) is 57.3 Å². The molecule has 3 heteroatoms. The van der Waals surface area contributed by atoms with Crippen molar-refractivity contribution in [3.63, 3.8) is 0 Å². The standard InChI is InChI=1S/C15H21BrN2/c1-15(12-7-8-12)11-18(10-4-9-17-15)14-6-3-2-5-13(14)16/h2-3,5-6,12,17H,4,7-11H2,1H3. The molecule has 1 heterocycles. The van der Waals surface area contributed by atoms with E-state index in [1.807, 2.05) is 0 Å². The zero-order valence-corrected chi connectivity index (χ0v) is 12.5. The monoisotopic (exact) mass is 308 g/mol. The van der Waals surface area contributed by atoms with Crippen molar-refractivity contribution in [2.24, 2.45) is 5.92 Å². The van der Waals surface area contributed by atoms with Crippen molar-refractivity contribution >= 4 is 21.6 Å². The van der Waals surface area contributed by atoms with Gasteiger partial charge in [-0.15, -0.1) is 0 Å². The molecule has 2 fully saturated rings. The molecule has 1 aromatic carbocycles. The van der Waals surface area contributed by atoms with E-state index in [1.165, 1.54) is 29.4 Å². The van der Waals surface area contributed by atoms with Crippen LogP contribution in [0, 0.1) is 5.92 Å². The Morgan fingerprint density at radius 1 is 1.33 bits per heavy atom. The molecule has 0 spiro atoms. The maximum absolute atomic E-state index is 3.78. The van der Waals surface area contributed by atoms with Crippen molar-refractivity contribution in [2.75, 3.05) is 24.5 Å². The zero-order chi connectivity index (χ0) is 12.6. The first-order valence-electron chi connectivity index (χ1n) is 6.93. The summed E-state index contributed by atoms with van der Waals surface area (Å²) < 4.78 is 1.21. The van der Waals surface area contributed by atoms with Crippen LogP contribution in [0.5, 0.6) is 0 Å². The first-order valence-corrected chi connectivity index (χ1v) is 7.73. The molecule has 1 aliphatic heterocycles. The molecule has 1 saturated heterocycles. The summed E-state index contributed by atoms with van der Waals surface area (Å²) in [7, 11) is 0. The summed E-state index contributed by atoms with van der Waals surface area (Å²) in [5.74, 6) is 0.876. The number of nitrogens with one attached hydrogen (secondary N) is 1. The maximum atomic E-state index is 3.78. The summed E-state index contributed by atoms with van der Waals surface area (Å²) in [5, 5.41) is 3.78. The average Bonchev–Trinajstić information content (AvgIpc) is 3.16. The van der Waals surface area contributed by atoms with Gasteiger partial charge in [0, 0.05) is 23.1 Å². The van der Waals surface area contributed by atoms with Crippen LogP contribution in [-0.4, -0.2) is 25.2 Å². The number of para-hydroxylation sites is 1. The highest BCUT2D eigenvalue weighted by molar-refractivity contribution is 9.10. The van der Waals surface area contributed by atoms with E-state index in [-0.39, 0.29) is 0 Å². The lowest BCUT2D eigenvalue weighted by atomic mass is 9.95. The Bertz CT molecular complexity index is 430. The first kappa shape index (κ1) is 12.5. The smallest absolute Gasteiger partial charge is 0.0511 e. The summed E-state index contributed by atoms with van der Waals surface area (Å²) >= 11 is 3.69. The second kappa shape index (κ2) is 4.86. The van der Waals surface area contributed by atoms with E-state index in [0.29, 0.717) is 5.54 Å². The summed E-state index contributed by atoms with van der Waals surface area (Å²) in [6.45, 7) is 5.83. The molecule has 2 nitrogen and oxygen atoms in total. The molecule has 1 atom stereocenters. The van der Waals surface area contributed by atoms with E-state index in [4.69, 9.17) is 0 Å². The molecule has 1 saturated carbocycles. The average molecular weight is 309 g/mol. The Morgan fingerprint density at radius 2 is 2.11 bits per heavy atom. The topological polar surface area (TPSA) is 15.3 Å². The van der Waals surface area contributed by atoms with Gasteiger partial charge in [0.25, 0.3) is 0 Å². The van der Waals surface area contributed by atoms with Crippen LogP contribution in [0.25, 0.3) is 0 Å². The molecule has 1 N–H and O–H groups in total. The van der Waals surface area contributed by atoms with Crippen LogP contribution in [-0.2, 0) is 0 Å². The molecular formula is C15H21BrN2. The summed E-state index contributed by atoms with van der Waals surface area (Å²) in [5.41, 5.74) is 1.64. The summed E-state index contributed by atoms with van der Waals surface area (Å²) in [6.07, 6.45) is 4.02. The highest BCUT2D eigenvalue weighted by Gasteiger charge is 2.43. The zero-order valence-electron chi connectivity index (χ0n) is 11.0. The van der Waals surface area contributed by atoms with Gasteiger partial charge in [0.2, 0.25) is 0 Å². The lowest BCUT2D eigenvalue weighted by Gasteiger charge is -2.35. The summed E-state index contributed by atoms with van der Waals surface area (Å²) in [6, 6.07) is 8.58. The normalized spacial score (nSPS) is 29.1. The van der Waals surface area contributed by atoms with Gasteiger partial charge in [0.05, 0.1) is 5.69 Å². The van der Waals surface area contributed by atoms with Gasteiger partial charge >= 0.3 is 0 Å². The molecule has 0 aromatic heterocycles. The SMILES string of the molecule is CC1(C2CC2)CN(c2ccccc2Br)CCCN1. The molecule has 0 radical (unpaired) electrons. The third-order valence-corrected chi connectivity index (χ3v) is 5.00. The van der Waals surface area contributed by atoms with Gasteiger partial charge in [0.1, 0.15) is 0 Å². The second-order valence-corrected chi connectivity index (χ2v) is 6.70. The lowest BCUT2D eigenvalue weighted by molar-refractivity contribution is 0.331. The minimum absolute atomic E-state index is 0.297. The van der Waals surface area contributed by atoms with E-state index in [9.17, 15) is 0 Å². The van der Waals surface area contributed by atoms with E-state index in [0.717, 1.165) is 25.6 Å². The number of hydrogen-bond donors (Lipinski definition) is 1. The molecule has 0 amide bonds. The Morgan fingerprint density at radius 3 is 2.83 bits per heavy atom. The van der Waals surface area contributed by atoms with Crippen LogP contribution >= 0.6 is 15.9 Å². The molecule has 98 valence electrons. The van der Waals surface area contributed by atoms with Crippen molar-refractivity contribution in [3.8, 4) is 0 Å². The Kier molecular flexibility index (Phi) is 3.37. The Balaban J connectivity index is 1.85. The van der Waals surface area contributed by atoms with Crippen molar-refractivity contribution in [2.45, 2.75) is 31.7 Å². The van der Waals surface area contributed by atoms with Crippen LogP contribution in [0.1, 0.15) is 26.2 Å². The maximum Gasteiger partial charge on any atom is 0.0511 e. The van der Waals surface area contributed by atoms with Gasteiger partial charge in [-0.1, -0.05) is 12.1 Å². The number of anilines is 1. The fraction of sp³-hybridized carbons (Fsp3) is 0.600. The number of benzene rings is 1. The molecular weight excluding hydrogens is 288 g/mol. The molecule has 1 aliphatic carbocycles. The van der Waals surface area contributed by atoms with Gasteiger partial charge in [-0.3, -0.25) is 0 Å². The Labute approximate surface area is 118 Å². The largest absolute Gasteiger partial charge is 0.369 e. The highest BCUT2D eigenvalue weighted by Crippen LogP contribution is 2.41. The quantitative estimate of drug-likeness (QED) is 0.900. The van der Waals surface area contributed by atoms with Gasteiger partial charge < -0.3 is 10.2 Å². The van der Waals surface area contributed by atoms with Crippen molar-refractivity contribution < 1.29 is 0 Å². The van der Waals surface area contributed by atoms with Crippen LogP contribution in [0.4, 0.5) is 5.69 Å². The second-order valence-electron chi connectivity index (χ2n) is 5.85. The third-order valence-electron chi connectivity index (χ3n) is 4.32. The summed E-state index contributed by atoms with van der Waals surface area (Å²) in [4.78, 5) is 2.54. The fourth-order valence-electron chi connectivity index (χ4n) is 3.08. The first-order chi connectivity index (χ1) is 8.69. The van der Waals surface area contributed by atoms with Crippen molar-refractivity contribution in [1.29, 1.82) is 0 Å². The van der Waals surface area contributed by atoms with E-state index in [1.54, 1.807) is 0 Å². The van der Waals surface area contributed by atoms with Gasteiger partial charge in [-0.2, -0.15) is 0 Å². The third kappa shape index (κ3) is 2.43. The van der Waals surface area contributed by atoms with Crippen LogP contribution < -0.4 is 10.2 Å². The van der Waals surface area contributed by atoms with Crippen LogP contribution in [0.2, 0.25) is 0 Å². The predicted octanol–water partition coefficient (Wildman–Crippen LogP) is 3.42. The highest BCUT2D eigenvalue weighted by atomic mass is 79.9. The van der Waals surface area contributed by atoms with Crippen molar-refractivity contribution in [1.82, 2.24) is 5.32 Å². The fourth-order valence-corrected chi connectivity index (χ4v) is 3.62. The van der Waals surface area contributed by atoms with E-state index >= 15 is 0 Å². The lowest BCUT2D eigenvalue weighted by Crippen LogP contribution is -2.51. The number of nitrogens with zero attached hydrogens (tertiary/aromatic N) is 1. The number of rotatable bonds is 2. The van der Waals surface area contributed by atoms with Gasteiger partial charge in [-0.25, -0.2) is 0 Å². The van der Waals surface area contributed by atoms with Crippen LogP contribution in [0.15, 0.2) is 28.7 Å². The molecule has 1 unspecified atom stereocenters.